The molecule has 2 aliphatic heterocycles. The number of benzene rings is 2. The van der Waals surface area contributed by atoms with E-state index in [0.717, 1.165) is 75.5 Å². The van der Waals surface area contributed by atoms with Crippen molar-refractivity contribution in [2.75, 3.05) is 17.5 Å². The molecule has 0 bridgehead atoms. The van der Waals surface area contributed by atoms with Gasteiger partial charge in [-0.1, -0.05) is 6.08 Å². The summed E-state index contributed by atoms with van der Waals surface area (Å²) >= 11 is 1.42. The van der Waals surface area contributed by atoms with Crippen LogP contribution in [0.2, 0.25) is 4.18 Å². The topological polar surface area (TPSA) is 54.2 Å². The normalized spacial score (nSPS) is 22.6. The summed E-state index contributed by atoms with van der Waals surface area (Å²) in [5.41, 5.74) is 6.78. The molecule has 3 aromatic rings. The number of alkyl halides is 2. The molecule has 1 N–H and O–H groups in total. The summed E-state index contributed by atoms with van der Waals surface area (Å²) in [6, 6.07) is 15.3. The number of allylic oxidation sites excluding steroid dienone is 1. The summed E-state index contributed by atoms with van der Waals surface area (Å²) in [6.07, 6.45) is 8.52. The number of halogens is 1. The van der Waals surface area contributed by atoms with Crippen LogP contribution in [0.5, 0.6) is 0 Å². The van der Waals surface area contributed by atoms with Gasteiger partial charge in [-0.15, -0.1) is 0 Å². The van der Waals surface area contributed by atoms with Gasteiger partial charge in [0.2, 0.25) is 0 Å². The number of rotatable bonds is 8. The van der Waals surface area contributed by atoms with Crippen molar-refractivity contribution in [2.45, 2.75) is 46.9 Å². The van der Waals surface area contributed by atoms with Crippen molar-refractivity contribution in [3.8, 4) is 16.9 Å². The van der Waals surface area contributed by atoms with E-state index in [0.29, 0.717) is 27.1 Å². The van der Waals surface area contributed by atoms with E-state index in [1.165, 1.54) is 27.5 Å². The fourth-order valence-electron chi connectivity index (χ4n) is 4.97. The number of aromatic nitrogens is 3. The minimum atomic E-state index is -0.506. The Hall–Kier alpha value is -1.16. The number of hydrogen-bond acceptors (Lipinski definition) is 4. The Labute approximate surface area is 233 Å². The van der Waals surface area contributed by atoms with Crippen LogP contribution in [0.4, 0.5) is 0 Å². The molecule has 2 aliphatic rings. The Morgan fingerprint density at radius 1 is 1.23 bits per heavy atom. The molecule has 2 saturated heterocycles. The predicted octanol–water partition coefficient (Wildman–Crippen LogP) is 1.66. The quantitative estimate of drug-likeness (QED) is 0.290. The molecule has 1 unspecified atom stereocenters. The van der Waals surface area contributed by atoms with E-state index in [1.54, 1.807) is 0 Å². The van der Waals surface area contributed by atoms with Crippen molar-refractivity contribution in [3.05, 3.63) is 71.4 Å². The maximum atomic E-state index is 10.9. The van der Waals surface area contributed by atoms with Crippen LogP contribution in [0.15, 0.2) is 54.7 Å². The van der Waals surface area contributed by atoms with Gasteiger partial charge in [-0.05, 0) is 6.92 Å². The third-order valence-corrected chi connectivity index (χ3v) is 12.1. The first-order chi connectivity index (χ1) is 17.0. The van der Waals surface area contributed by atoms with Crippen molar-refractivity contribution < 1.29 is 26.3 Å². The molecule has 0 saturated carbocycles. The molecule has 3 atom stereocenters. The van der Waals surface area contributed by atoms with Crippen LogP contribution in [0, 0.1) is 5.92 Å². The third kappa shape index (κ3) is 6.05. The van der Waals surface area contributed by atoms with Crippen LogP contribution in [0.25, 0.3) is 23.0 Å². The SMILES string of the molecule is C/C=C/c1ccc(-n2cc(-c3ccc(CN4CCC[C@H]([C@](C)(O)[CH2][In])C4)c(C4C[I-]4)c3)nn2)cc1. The first kappa shape index (κ1) is 25.5. The molecule has 2 aromatic carbocycles. The summed E-state index contributed by atoms with van der Waals surface area (Å²) < 4.78 is 4.98. The van der Waals surface area contributed by atoms with Gasteiger partial charge in [-0.2, -0.15) is 0 Å². The first-order valence-corrected chi connectivity index (χ1v) is 17.6. The molecule has 0 aliphatic carbocycles. The standard InChI is InChI=1S/C28H33IN4O.In/c1-4-6-20-8-12-24(13-9-20)33-19-27(30-31-33)21-10-11-22(25(15-21)26-16-29-26)17-32-14-5-7-23(18-32)28(2,3)34;/h4,6,8-13,15,19,23,26,34H,2,5,7,14,16-18H2,1,3H3;/q-1;/b6-4+;/t23-,26?,28-;/m0./s1. The van der Waals surface area contributed by atoms with Gasteiger partial charge >= 0.3 is 222 Å². The number of likely N-dealkylation sites (tertiary alicyclic amines) is 1. The number of nitrogens with zero attached hydrogens (tertiary/aromatic N) is 4. The van der Waals surface area contributed by atoms with E-state index in [-0.39, 0.29) is 0 Å². The van der Waals surface area contributed by atoms with Crippen LogP contribution in [0.1, 0.15) is 47.3 Å². The Kier molecular flexibility index (Phi) is 8.06. The number of piperidine rings is 1. The van der Waals surface area contributed by atoms with Gasteiger partial charge in [0.15, 0.2) is 0 Å². The Morgan fingerprint density at radius 2 is 2.03 bits per heavy atom. The van der Waals surface area contributed by atoms with E-state index in [4.69, 9.17) is 0 Å². The van der Waals surface area contributed by atoms with Gasteiger partial charge < -0.3 is 0 Å². The molecule has 3 heterocycles. The van der Waals surface area contributed by atoms with Crippen molar-refractivity contribution in [1.29, 1.82) is 0 Å². The van der Waals surface area contributed by atoms with Gasteiger partial charge in [0.05, 0.1) is 0 Å². The Bertz CT molecular complexity index is 1190. The fraction of sp³-hybridized carbons (Fsp3) is 0.429. The van der Waals surface area contributed by atoms with E-state index >= 15 is 0 Å². The number of aliphatic hydroxyl groups is 1. The molecule has 2 fully saturated rings. The van der Waals surface area contributed by atoms with Crippen molar-refractivity contribution in [2.24, 2.45) is 5.92 Å². The first-order valence-electron chi connectivity index (χ1n) is 12.5. The van der Waals surface area contributed by atoms with E-state index in [1.807, 2.05) is 30.8 Å². The molecule has 7 heteroatoms. The summed E-state index contributed by atoms with van der Waals surface area (Å²) in [5, 5.41) is 19.8. The molecule has 2 radical (unpaired) electrons. The monoisotopic (exact) mass is 683 g/mol. The molecule has 5 rings (SSSR count). The zero-order valence-corrected chi connectivity index (χ0v) is 26.0. The molecule has 0 amide bonds. The second-order valence-corrected chi connectivity index (χ2v) is 14.4. The maximum absolute atomic E-state index is 10.9. The Morgan fingerprint density at radius 3 is 2.74 bits per heavy atom. The van der Waals surface area contributed by atoms with Gasteiger partial charge in [0.25, 0.3) is 0 Å². The third-order valence-electron chi connectivity index (χ3n) is 7.29. The van der Waals surface area contributed by atoms with Crippen molar-refractivity contribution in [1.82, 2.24) is 19.9 Å². The summed E-state index contributed by atoms with van der Waals surface area (Å²) in [4.78, 5) is 2.58. The summed E-state index contributed by atoms with van der Waals surface area (Å²) in [7, 11) is 0. The molecule has 5 nitrogen and oxygen atoms in total. The zero-order chi connectivity index (χ0) is 24.4. The minimum absolute atomic E-state index is 0.301. The van der Waals surface area contributed by atoms with Gasteiger partial charge in [0.1, 0.15) is 0 Å². The molecular weight excluding hydrogens is 650 g/mol. The molecule has 35 heavy (non-hydrogen) atoms. The summed E-state index contributed by atoms with van der Waals surface area (Å²) in [5.74, 6) is 0.393. The van der Waals surface area contributed by atoms with E-state index < -0.39 is 5.60 Å². The van der Waals surface area contributed by atoms with E-state index in [2.05, 4.69) is 63.8 Å². The molecule has 0 spiro atoms. The van der Waals surface area contributed by atoms with Crippen molar-refractivity contribution in [3.63, 3.8) is 0 Å². The van der Waals surface area contributed by atoms with Crippen LogP contribution in [0.3, 0.4) is 0 Å². The van der Waals surface area contributed by atoms with Crippen LogP contribution < -0.4 is 21.2 Å². The van der Waals surface area contributed by atoms with Crippen LogP contribution >= 0.6 is 0 Å². The van der Waals surface area contributed by atoms with Gasteiger partial charge in [-0.25, -0.2) is 0 Å². The molecular formula is C28H33IInN4O-. The van der Waals surface area contributed by atoms with E-state index in [9.17, 15) is 5.11 Å². The predicted molar refractivity (Wildman–Crippen MR) is 138 cm³/mol. The fourth-order valence-corrected chi connectivity index (χ4v) is 7.70. The van der Waals surface area contributed by atoms with Gasteiger partial charge in [0, 0.05) is 0 Å². The van der Waals surface area contributed by atoms with Crippen LogP contribution in [-0.4, -0.2) is 72.5 Å². The average molecular weight is 683 g/mol. The molecule has 182 valence electrons. The second-order valence-electron chi connectivity index (χ2n) is 9.97. The second kappa shape index (κ2) is 11.1. The Balaban J connectivity index is 1.34. The summed E-state index contributed by atoms with van der Waals surface area (Å²) in [6.45, 7) is 7.21. The average Bonchev–Trinajstić information content (AvgIpc) is 3.61. The van der Waals surface area contributed by atoms with Crippen molar-refractivity contribution >= 4 is 30.5 Å². The van der Waals surface area contributed by atoms with Crippen LogP contribution in [-0.2, 0) is 6.54 Å². The zero-order valence-electron chi connectivity index (χ0n) is 20.6. The molecule has 1 aromatic heterocycles. The van der Waals surface area contributed by atoms with Gasteiger partial charge in [-0.3, -0.25) is 0 Å². The number of hydrogen-bond donors (Lipinski definition) is 1.